The molecule has 3 aromatic rings. The molecule has 7 nitrogen and oxygen atoms in total. The van der Waals surface area contributed by atoms with Gasteiger partial charge in [0.05, 0.1) is 11.7 Å². The molecule has 7 heteroatoms. The molecular weight excluding hydrogens is 392 g/mol. The van der Waals surface area contributed by atoms with Gasteiger partial charge in [-0.25, -0.2) is 0 Å². The van der Waals surface area contributed by atoms with Gasteiger partial charge in [0.2, 0.25) is 5.91 Å². The molecule has 2 amide bonds. The van der Waals surface area contributed by atoms with E-state index < -0.39 is 0 Å². The zero-order valence-electron chi connectivity index (χ0n) is 18.4. The number of aromatic nitrogens is 2. The molecule has 0 saturated carbocycles. The normalized spacial score (nSPS) is 14.4. The summed E-state index contributed by atoms with van der Waals surface area (Å²) in [5.74, 6) is 0.432. The van der Waals surface area contributed by atoms with Crippen molar-refractivity contribution in [1.82, 2.24) is 15.5 Å². The van der Waals surface area contributed by atoms with Crippen LogP contribution in [0.4, 0.5) is 5.69 Å². The van der Waals surface area contributed by atoms with Gasteiger partial charge in [-0.1, -0.05) is 11.2 Å². The molecule has 0 fully saturated rings. The van der Waals surface area contributed by atoms with Gasteiger partial charge < -0.3 is 14.7 Å². The molecule has 1 atom stereocenters. The molecule has 0 aliphatic carbocycles. The molecule has 1 aliphatic heterocycles. The van der Waals surface area contributed by atoms with Crippen molar-refractivity contribution in [3.8, 4) is 11.1 Å². The number of hydrogen-bond acceptors (Lipinski definition) is 5. The first-order chi connectivity index (χ1) is 14.8. The maximum absolute atomic E-state index is 12.8. The van der Waals surface area contributed by atoms with E-state index in [1.807, 2.05) is 39.2 Å². The molecule has 0 saturated heterocycles. The Morgan fingerprint density at radius 2 is 1.97 bits per heavy atom. The van der Waals surface area contributed by atoms with Crippen LogP contribution in [0.1, 0.15) is 57.9 Å². The van der Waals surface area contributed by atoms with Gasteiger partial charge in [0.15, 0.2) is 0 Å². The first-order valence-electron chi connectivity index (χ1n) is 10.4. The number of carbonyl (C=O) groups excluding carboxylic acids is 2. The Labute approximate surface area is 181 Å². The van der Waals surface area contributed by atoms with Gasteiger partial charge in [-0.15, -0.1) is 0 Å². The van der Waals surface area contributed by atoms with Crippen LogP contribution in [0, 0.1) is 20.8 Å². The minimum atomic E-state index is -0.241. The Morgan fingerprint density at radius 1 is 1.19 bits per heavy atom. The third kappa shape index (κ3) is 3.71. The number of hydrogen-bond donors (Lipinski definition) is 1. The van der Waals surface area contributed by atoms with Gasteiger partial charge in [0.1, 0.15) is 11.3 Å². The van der Waals surface area contributed by atoms with E-state index >= 15 is 0 Å². The number of fused-ring (bicyclic) bond motifs is 1. The predicted octanol–water partition coefficient (Wildman–Crippen LogP) is 4.06. The zero-order chi connectivity index (χ0) is 22.3. The van der Waals surface area contributed by atoms with Crippen LogP contribution in [-0.2, 0) is 11.2 Å². The van der Waals surface area contributed by atoms with E-state index in [1.165, 1.54) is 0 Å². The summed E-state index contributed by atoms with van der Waals surface area (Å²) >= 11 is 0. The Kier molecular flexibility index (Phi) is 5.35. The quantitative estimate of drug-likeness (QED) is 0.690. The highest BCUT2D eigenvalue weighted by atomic mass is 16.5. The summed E-state index contributed by atoms with van der Waals surface area (Å²) in [7, 11) is 1.82. The van der Waals surface area contributed by atoms with Crippen LogP contribution in [0.15, 0.2) is 35.1 Å². The monoisotopic (exact) mass is 418 g/mol. The molecule has 1 N–H and O–H groups in total. The molecule has 31 heavy (non-hydrogen) atoms. The Morgan fingerprint density at radius 3 is 2.68 bits per heavy atom. The Hall–Kier alpha value is -3.48. The highest BCUT2D eigenvalue weighted by Crippen LogP contribution is 2.34. The van der Waals surface area contributed by atoms with Crippen LogP contribution in [0.25, 0.3) is 11.1 Å². The van der Waals surface area contributed by atoms with Gasteiger partial charge in [-0.2, -0.15) is 0 Å². The van der Waals surface area contributed by atoms with E-state index in [0.717, 1.165) is 39.9 Å². The molecule has 1 aromatic carbocycles. The molecule has 0 unspecified atom stereocenters. The number of aryl methyl sites for hydroxylation is 3. The van der Waals surface area contributed by atoms with E-state index in [2.05, 4.69) is 21.5 Å². The topological polar surface area (TPSA) is 88.3 Å². The number of nitrogens with zero attached hydrogens (tertiary/aromatic N) is 3. The summed E-state index contributed by atoms with van der Waals surface area (Å²) in [6, 6.07) is 5.92. The molecule has 160 valence electrons. The van der Waals surface area contributed by atoms with E-state index in [1.54, 1.807) is 24.9 Å². The SMILES string of the molecule is Cc1noc(C)c1C(=O)N[C@H](C)c1cncc(-c2ccc3c(c2)CCC(=O)N3C)c1C. The number of nitrogens with one attached hydrogen (secondary N) is 1. The maximum atomic E-state index is 12.8. The maximum Gasteiger partial charge on any atom is 0.257 e. The molecule has 0 spiro atoms. The Balaban J connectivity index is 1.63. The van der Waals surface area contributed by atoms with Gasteiger partial charge in [-0.05, 0) is 68.5 Å². The molecule has 2 aromatic heterocycles. The highest BCUT2D eigenvalue weighted by molar-refractivity contribution is 5.97. The van der Waals surface area contributed by atoms with Gasteiger partial charge in [0, 0.05) is 37.1 Å². The largest absolute Gasteiger partial charge is 0.361 e. The van der Waals surface area contributed by atoms with Gasteiger partial charge in [-0.3, -0.25) is 14.6 Å². The average Bonchev–Trinajstić information content (AvgIpc) is 3.08. The number of amides is 2. The van der Waals surface area contributed by atoms with Crippen LogP contribution in [-0.4, -0.2) is 29.0 Å². The van der Waals surface area contributed by atoms with Crippen molar-refractivity contribution in [2.24, 2.45) is 0 Å². The smallest absolute Gasteiger partial charge is 0.257 e. The fraction of sp³-hybridized carbons (Fsp3) is 0.333. The van der Waals surface area contributed by atoms with Gasteiger partial charge >= 0.3 is 0 Å². The van der Waals surface area contributed by atoms with Crippen molar-refractivity contribution in [2.75, 3.05) is 11.9 Å². The van der Waals surface area contributed by atoms with Gasteiger partial charge in [0.25, 0.3) is 5.91 Å². The first-order valence-corrected chi connectivity index (χ1v) is 10.4. The lowest BCUT2D eigenvalue weighted by atomic mass is 9.92. The van der Waals surface area contributed by atoms with Crippen LogP contribution in [0.3, 0.4) is 0 Å². The van der Waals surface area contributed by atoms with Crippen molar-refractivity contribution in [1.29, 1.82) is 0 Å². The average molecular weight is 418 g/mol. The Bertz CT molecular complexity index is 1160. The summed E-state index contributed by atoms with van der Waals surface area (Å²) in [5, 5.41) is 6.90. The second-order valence-corrected chi connectivity index (χ2v) is 8.09. The number of carbonyl (C=O) groups is 2. The van der Waals surface area contributed by atoms with E-state index in [0.29, 0.717) is 23.4 Å². The lowest BCUT2D eigenvalue weighted by Crippen LogP contribution is -2.31. The summed E-state index contributed by atoms with van der Waals surface area (Å²) in [6.45, 7) is 7.47. The third-order valence-electron chi connectivity index (χ3n) is 6.06. The van der Waals surface area contributed by atoms with Crippen molar-refractivity contribution >= 4 is 17.5 Å². The summed E-state index contributed by atoms with van der Waals surface area (Å²) in [5.41, 5.74) is 7.23. The lowest BCUT2D eigenvalue weighted by molar-refractivity contribution is -0.118. The summed E-state index contributed by atoms with van der Waals surface area (Å²) in [6.07, 6.45) is 4.90. The first kappa shape index (κ1) is 20.8. The minimum absolute atomic E-state index is 0.142. The highest BCUT2D eigenvalue weighted by Gasteiger charge is 2.23. The molecule has 0 bridgehead atoms. The van der Waals surface area contributed by atoms with E-state index in [-0.39, 0.29) is 17.9 Å². The predicted molar refractivity (Wildman–Crippen MR) is 118 cm³/mol. The van der Waals surface area contributed by atoms with Crippen molar-refractivity contribution in [3.63, 3.8) is 0 Å². The second kappa shape index (κ2) is 7.98. The van der Waals surface area contributed by atoms with E-state index in [4.69, 9.17) is 4.52 Å². The van der Waals surface area contributed by atoms with Crippen LogP contribution >= 0.6 is 0 Å². The summed E-state index contributed by atoms with van der Waals surface area (Å²) < 4.78 is 5.12. The van der Waals surface area contributed by atoms with Crippen LogP contribution in [0.2, 0.25) is 0 Å². The summed E-state index contributed by atoms with van der Waals surface area (Å²) in [4.78, 5) is 30.9. The zero-order valence-corrected chi connectivity index (χ0v) is 18.4. The third-order valence-corrected chi connectivity index (χ3v) is 6.06. The van der Waals surface area contributed by atoms with Crippen molar-refractivity contribution < 1.29 is 14.1 Å². The number of benzene rings is 1. The second-order valence-electron chi connectivity index (χ2n) is 8.09. The molecule has 3 heterocycles. The standard InChI is InChI=1S/C24H26N4O3/c1-13-19(14(2)26-24(30)23-15(3)27-31-16(23)4)11-25-12-20(13)17-6-8-21-18(10-17)7-9-22(29)28(21)5/h6,8,10-12,14H,7,9H2,1-5H3,(H,26,30)/t14-/m1/s1. The molecular formula is C24H26N4O3. The van der Waals surface area contributed by atoms with Crippen molar-refractivity contribution in [3.05, 3.63) is 64.3 Å². The van der Waals surface area contributed by atoms with Crippen molar-refractivity contribution in [2.45, 2.75) is 46.6 Å². The minimum Gasteiger partial charge on any atom is -0.361 e. The van der Waals surface area contributed by atoms with Crippen LogP contribution in [0.5, 0.6) is 0 Å². The molecule has 4 rings (SSSR count). The number of anilines is 1. The fourth-order valence-electron chi connectivity index (χ4n) is 4.25. The number of pyridine rings is 1. The lowest BCUT2D eigenvalue weighted by Gasteiger charge is -2.26. The van der Waals surface area contributed by atoms with E-state index in [9.17, 15) is 9.59 Å². The number of rotatable bonds is 4. The van der Waals surface area contributed by atoms with Crippen LogP contribution < -0.4 is 10.2 Å². The molecule has 0 radical (unpaired) electrons. The molecule has 1 aliphatic rings. The fourth-order valence-corrected chi connectivity index (χ4v) is 4.25.